The van der Waals surface area contributed by atoms with Crippen LogP contribution in [0.15, 0.2) is 17.3 Å². The van der Waals surface area contributed by atoms with E-state index >= 15 is 0 Å². The number of amides is 1. The molecule has 0 radical (unpaired) electrons. The van der Waals surface area contributed by atoms with Crippen molar-refractivity contribution in [1.29, 1.82) is 0 Å². The molecule has 2 aromatic heterocycles. The number of aromatic amines is 2. The van der Waals surface area contributed by atoms with Gasteiger partial charge in [0.15, 0.2) is 0 Å². The third-order valence-corrected chi connectivity index (χ3v) is 4.56. The Balaban J connectivity index is 2.10. The van der Waals surface area contributed by atoms with Crippen LogP contribution in [0, 0.1) is 0 Å². The van der Waals surface area contributed by atoms with Crippen LogP contribution in [0.2, 0.25) is 0 Å². The number of H-pyrrole nitrogens is 2. The molecular formula is C17H24N4O5. The summed E-state index contributed by atoms with van der Waals surface area (Å²) in [6, 6.07) is -1.50. The molecule has 4 atom stereocenters. The molecule has 142 valence electrons. The zero-order valence-electron chi connectivity index (χ0n) is 15.2. The van der Waals surface area contributed by atoms with Gasteiger partial charge in [0.05, 0.1) is 18.4 Å². The molecular weight excluding hydrogens is 340 g/mol. The second kappa shape index (κ2) is 6.40. The van der Waals surface area contributed by atoms with Crippen molar-refractivity contribution >= 4 is 17.1 Å². The first-order valence-electron chi connectivity index (χ1n) is 8.57. The number of fused-ring (bicyclic) bond motifs is 1. The lowest BCUT2D eigenvalue weighted by atomic mass is 10.0. The number of carbonyl (C=O) groups excluding carboxylic acids is 1. The molecule has 2 aromatic rings. The number of hydrogen-bond acceptors (Lipinski definition) is 6. The molecule has 9 nitrogen and oxygen atoms in total. The van der Waals surface area contributed by atoms with Crippen molar-refractivity contribution in [1.82, 2.24) is 19.9 Å². The van der Waals surface area contributed by atoms with Crippen LogP contribution < -0.4 is 5.56 Å². The molecule has 0 spiro atoms. The minimum atomic E-state index is -1.23. The first-order valence-corrected chi connectivity index (χ1v) is 8.57. The monoisotopic (exact) mass is 364 g/mol. The average molecular weight is 364 g/mol. The number of likely N-dealkylation sites (tertiary alicyclic amines) is 1. The second-order valence-corrected chi connectivity index (χ2v) is 7.49. The van der Waals surface area contributed by atoms with Gasteiger partial charge in [-0.3, -0.25) is 9.69 Å². The highest BCUT2D eigenvalue weighted by molar-refractivity contribution is 5.80. The molecule has 0 aromatic carbocycles. The van der Waals surface area contributed by atoms with E-state index in [0.29, 0.717) is 17.5 Å². The Labute approximate surface area is 150 Å². The van der Waals surface area contributed by atoms with Crippen LogP contribution in [0.3, 0.4) is 0 Å². The van der Waals surface area contributed by atoms with E-state index in [4.69, 9.17) is 4.74 Å². The molecule has 0 bridgehead atoms. The number of ether oxygens (including phenoxy) is 1. The number of nitrogens with zero attached hydrogens (tertiary/aromatic N) is 2. The molecule has 0 saturated carbocycles. The van der Waals surface area contributed by atoms with Crippen LogP contribution in [0.5, 0.6) is 0 Å². The van der Waals surface area contributed by atoms with Crippen LogP contribution in [0.25, 0.3) is 11.0 Å². The van der Waals surface area contributed by atoms with Crippen molar-refractivity contribution in [2.24, 2.45) is 0 Å². The van der Waals surface area contributed by atoms with E-state index in [2.05, 4.69) is 15.0 Å². The number of aliphatic hydroxyl groups excluding tert-OH is 2. The SMILES string of the molecule is CC[C@@H]1[C@@H](O)[C@@H](O)[C@H](c2c[nH]c3c(=O)[nH]cnc23)N1C(=O)OC(C)(C)C. The summed E-state index contributed by atoms with van der Waals surface area (Å²) < 4.78 is 5.48. The van der Waals surface area contributed by atoms with E-state index in [1.807, 2.05) is 6.92 Å². The van der Waals surface area contributed by atoms with Gasteiger partial charge >= 0.3 is 6.09 Å². The van der Waals surface area contributed by atoms with Crippen molar-refractivity contribution in [3.63, 3.8) is 0 Å². The van der Waals surface area contributed by atoms with Crippen molar-refractivity contribution in [2.75, 3.05) is 0 Å². The minimum absolute atomic E-state index is 0.244. The second-order valence-electron chi connectivity index (χ2n) is 7.49. The predicted molar refractivity (Wildman–Crippen MR) is 93.6 cm³/mol. The summed E-state index contributed by atoms with van der Waals surface area (Å²) in [6.45, 7) is 7.06. The van der Waals surface area contributed by atoms with Gasteiger partial charge in [-0.15, -0.1) is 0 Å². The normalized spacial score (nSPS) is 26.5. The molecule has 9 heteroatoms. The molecule has 1 amide bonds. The topological polar surface area (TPSA) is 132 Å². The Bertz CT molecular complexity index is 868. The summed E-state index contributed by atoms with van der Waals surface area (Å²) in [6.07, 6.45) is 0.225. The van der Waals surface area contributed by atoms with Gasteiger partial charge in [0, 0.05) is 11.8 Å². The summed E-state index contributed by atoms with van der Waals surface area (Å²) in [5.74, 6) is 0. The fraction of sp³-hybridized carbons (Fsp3) is 0.588. The summed E-state index contributed by atoms with van der Waals surface area (Å²) >= 11 is 0. The number of aliphatic hydroxyl groups is 2. The molecule has 26 heavy (non-hydrogen) atoms. The highest BCUT2D eigenvalue weighted by Gasteiger charge is 2.51. The molecule has 3 heterocycles. The maximum absolute atomic E-state index is 12.8. The number of aromatic nitrogens is 3. The highest BCUT2D eigenvalue weighted by atomic mass is 16.6. The smallest absolute Gasteiger partial charge is 0.411 e. The zero-order chi connectivity index (χ0) is 19.2. The minimum Gasteiger partial charge on any atom is -0.444 e. The Morgan fingerprint density at radius 1 is 1.31 bits per heavy atom. The fourth-order valence-electron chi connectivity index (χ4n) is 3.48. The number of rotatable bonds is 2. The Hall–Kier alpha value is -2.39. The van der Waals surface area contributed by atoms with Crippen LogP contribution in [-0.2, 0) is 4.74 Å². The van der Waals surface area contributed by atoms with Crippen molar-refractivity contribution in [3.8, 4) is 0 Å². The lowest BCUT2D eigenvalue weighted by Gasteiger charge is -2.32. The lowest BCUT2D eigenvalue weighted by molar-refractivity contribution is 0.00763. The quantitative estimate of drug-likeness (QED) is 0.630. The van der Waals surface area contributed by atoms with E-state index < -0.39 is 36.0 Å². The third kappa shape index (κ3) is 2.97. The molecule has 0 unspecified atom stereocenters. The summed E-state index contributed by atoms with van der Waals surface area (Å²) in [5.41, 5.74) is -0.0400. The van der Waals surface area contributed by atoms with Crippen LogP contribution in [0.4, 0.5) is 4.79 Å². The Morgan fingerprint density at radius 3 is 2.62 bits per heavy atom. The average Bonchev–Trinajstić information content (AvgIpc) is 3.07. The van der Waals surface area contributed by atoms with Crippen LogP contribution >= 0.6 is 0 Å². The van der Waals surface area contributed by atoms with Gasteiger partial charge in [-0.25, -0.2) is 9.78 Å². The summed E-state index contributed by atoms with van der Waals surface area (Å²) in [4.78, 5) is 35.6. The van der Waals surface area contributed by atoms with Gasteiger partial charge in [0.2, 0.25) is 0 Å². The van der Waals surface area contributed by atoms with Gasteiger partial charge < -0.3 is 24.9 Å². The summed E-state index contributed by atoms with van der Waals surface area (Å²) in [5, 5.41) is 21.1. The van der Waals surface area contributed by atoms with Crippen LogP contribution in [-0.4, -0.2) is 60.0 Å². The highest BCUT2D eigenvalue weighted by Crippen LogP contribution is 2.40. The van der Waals surface area contributed by atoms with Gasteiger partial charge in [-0.05, 0) is 27.2 Å². The predicted octanol–water partition coefficient (Wildman–Crippen LogP) is 1.04. The number of hydrogen-bond donors (Lipinski definition) is 4. The number of carbonyl (C=O) groups is 1. The first-order chi connectivity index (χ1) is 12.2. The van der Waals surface area contributed by atoms with E-state index in [-0.39, 0.29) is 11.1 Å². The fourth-order valence-corrected chi connectivity index (χ4v) is 3.48. The van der Waals surface area contributed by atoms with Gasteiger partial charge in [0.25, 0.3) is 5.56 Å². The summed E-state index contributed by atoms with van der Waals surface area (Å²) in [7, 11) is 0. The van der Waals surface area contributed by atoms with Gasteiger partial charge in [0.1, 0.15) is 28.8 Å². The van der Waals surface area contributed by atoms with Crippen molar-refractivity contribution in [3.05, 3.63) is 28.4 Å². The van der Waals surface area contributed by atoms with Crippen molar-refractivity contribution in [2.45, 2.75) is 64.0 Å². The van der Waals surface area contributed by atoms with Crippen molar-refractivity contribution < 1.29 is 19.7 Å². The maximum atomic E-state index is 12.8. The standard InChI is InChI=1S/C17H24N4O5/c1-5-9-13(22)14(23)12(21(9)16(25)26-17(2,3)4)8-6-18-11-10(8)19-7-20-15(11)24/h6-7,9,12-14,18,22-23H,5H2,1-4H3,(H,19,20,24)/t9-,12+,13-,14+/m1/s1. The molecule has 0 aliphatic carbocycles. The molecule has 1 aliphatic rings. The largest absolute Gasteiger partial charge is 0.444 e. The van der Waals surface area contributed by atoms with E-state index in [1.54, 1.807) is 20.8 Å². The van der Waals surface area contributed by atoms with Crippen LogP contribution in [0.1, 0.15) is 45.7 Å². The van der Waals surface area contributed by atoms with E-state index in [1.165, 1.54) is 17.4 Å². The van der Waals surface area contributed by atoms with E-state index in [9.17, 15) is 19.8 Å². The third-order valence-electron chi connectivity index (χ3n) is 4.56. The first kappa shape index (κ1) is 18.4. The maximum Gasteiger partial charge on any atom is 0.411 e. The molecule has 3 rings (SSSR count). The molecule has 1 fully saturated rings. The Kier molecular flexibility index (Phi) is 4.53. The number of nitrogens with one attached hydrogen (secondary N) is 2. The molecule has 4 N–H and O–H groups in total. The van der Waals surface area contributed by atoms with Gasteiger partial charge in [-0.2, -0.15) is 0 Å². The Morgan fingerprint density at radius 2 is 2.00 bits per heavy atom. The molecule has 1 saturated heterocycles. The zero-order valence-corrected chi connectivity index (χ0v) is 15.2. The lowest BCUT2D eigenvalue weighted by Crippen LogP contribution is -2.43. The molecule has 1 aliphatic heterocycles. The van der Waals surface area contributed by atoms with E-state index in [0.717, 1.165) is 0 Å². The van der Waals surface area contributed by atoms with Gasteiger partial charge in [-0.1, -0.05) is 6.92 Å².